The Labute approximate surface area is 133 Å². The normalized spacial score (nSPS) is 43.4. The molecule has 122 valence electrons. The average Bonchev–Trinajstić information content (AvgIpc) is 2.70. The first kappa shape index (κ1) is 15.9. The van der Waals surface area contributed by atoms with Crippen LogP contribution in [0.1, 0.15) is 97.3 Å². The molecule has 0 heterocycles. The van der Waals surface area contributed by atoms with Crippen molar-refractivity contribution < 1.29 is 0 Å². The average molecular weight is 291 g/mol. The highest BCUT2D eigenvalue weighted by Gasteiger charge is 2.33. The number of hydrogen-bond donors (Lipinski definition) is 0. The van der Waals surface area contributed by atoms with Gasteiger partial charge >= 0.3 is 0 Å². The lowest BCUT2D eigenvalue weighted by molar-refractivity contribution is 0.127. The molecule has 3 fully saturated rings. The first-order valence-electron chi connectivity index (χ1n) is 10.2. The fourth-order valence-electron chi connectivity index (χ4n) is 5.94. The van der Waals surface area contributed by atoms with E-state index in [4.69, 9.17) is 0 Å². The first-order chi connectivity index (χ1) is 10.2. The SMILES string of the molecule is CC1CCCC(C2CCC(C3CCCCC3)CC2)CC1C. The molecular weight excluding hydrogens is 252 g/mol. The van der Waals surface area contributed by atoms with Crippen LogP contribution in [0.25, 0.3) is 0 Å². The molecule has 3 unspecified atom stereocenters. The van der Waals surface area contributed by atoms with E-state index < -0.39 is 0 Å². The van der Waals surface area contributed by atoms with Crippen LogP contribution >= 0.6 is 0 Å². The minimum absolute atomic E-state index is 0.980. The van der Waals surface area contributed by atoms with Gasteiger partial charge in [0.25, 0.3) is 0 Å². The van der Waals surface area contributed by atoms with Gasteiger partial charge in [0, 0.05) is 0 Å². The van der Waals surface area contributed by atoms with Crippen molar-refractivity contribution in [1.82, 2.24) is 0 Å². The van der Waals surface area contributed by atoms with Gasteiger partial charge in [0.05, 0.1) is 0 Å². The monoisotopic (exact) mass is 290 g/mol. The highest BCUT2D eigenvalue weighted by Crippen LogP contribution is 2.45. The Morgan fingerprint density at radius 3 is 1.62 bits per heavy atom. The van der Waals surface area contributed by atoms with Crippen LogP contribution in [0.5, 0.6) is 0 Å². The minimum atomic E-state index is 0.980. The Morgan fingerprint density at radius 2 is 0.952 bits per heavy atom. The van der Waals surface area contributed by atoms with Gasteiger partial charge < -0.3 is 0 Å². The van der Waals surface area contributed by atoms with E-state index in [1.165, 1.54) is 32.1 Å². The Kier molecular flexibility index (Phi) is 5.68. The van der Waals surface area contributed by atoms with Gasteiger partial charge in [-0.1, -0.05) is 65.2 Å². The van der Waals surface area contributed by atoms with E-state index in [1.54, 1.807) is 51.4 Å². The molecule has 3 aliphatic rings. The van der Waals surface area contributed by atoms with Crippen molar-refractivity contribution in [3.63, 3.8) is 0 Å². The highest BCUT2D eigenvalue weighted by atomic mass is 14.4. The third kappa shape index (κ3) is 4.05. The van der Waals surface area contributed by atoms with Crippen LogP contribution in [0.3, 0.4) is 0 Å². The summed E-state index contributed by atoms with van der Waals surface area (Å²) < 4.78 is 0. The molecular formula is C21H38. The lowest BCUT2D eigenvalue weighted by Gasteiger charge is -2.39. The van der Waals surface area contributed by atoms with Crippen LogP contribution in [0.2, 0.25) is 0 Å². The molecule has 0 saturated heterocycles. The second kappa shape index (κ2) is 7.51. The zero-order valence-corrected chi connectivity index (χ0v) is 14.7. The van der Waals surface area contributed by atoms with Crippen LogP contribution < -0.4 is 0 Å². The molecule has 21 heavy (non-hydrogen) atoms. The maximum Gasteiger partial charge on any atom is -0.0383 e. The zero-order chi connectivity index (χ0) is 14.7. The molecule has 0 aliphatic heterocycles. The number of rotatable bonds is 2. The fourth-order valence-corrected chi connectivity index (χ4v) is 5.94. The summed E-state index contributed by atoms with van der Waals surface area (Å²) in [6, 6.07) is 0. The van der Waals surface area contributed by atoms with Crippen LogP contribution in [-0.4, -0.2) is 0 Å². The Hall–Kier alpha value is 0. The third-order valence-corrected chi connectivity index (χ3v) is 7.68. The van der Waals surface area contributed by atoms with Gasteiger partial charge in [0.15, 0.2) is 0 Å². The summed E-state index contributed by atoms with van der Waals surface area (Å²) in [5.41, 5.74) is 0. The molecule has 0 amide bonds. The molecule has 3 saturated carbocycles. The molecule has 0 bridgehead atoms. The lowest BCUT2D eigenvalue weighted by Crippen LogP contribution is -2.27. The van der Waals surface area contributed by atoms with E-state index in [1.807, 2.05) is 0 Å². The summed E-state index contributed by atoms with van der Waals surface area (Å²) in [4.78, 5) is 0. The molecule has 0 heteroatoms. The second-order valence-electron chi connectivity index (χ2n) is 8.95. The van der Waals surface area contributed by atoms with E-state index in [-0.39, 0.29) is 0 Å². The second-order valence-corrected chi connectivity index (χ2v) is 8.95. The van der Waals surface area contributed by atoms with E-state index in [0.29, 0.717) is 0 Å². The summed E-state index contributed by atoms with van der Waals surface area (Å²) in [6.07, 6.45) is 20.1. The smallest absolute Gasteiger partial charge is 0.0383 e. The highest BCUT2D eigenvalue weighted by molar-refractivity contribution is 4.84. The van der Waals surface area contributed by atoms with Crippen LogP contribution in [0, 0.1) is 35.5 Å². The molecule has 0 radical (unpaired) electrons. The third-order valence-electron chi connectivity index (χ3n) is 7.68. The first-order valence-corrected chi connectivity index (χ1v) is 10.2. The summed E-state index contributed by atoms with van der Waals surface area (Å²) in [5.74, 6) is 6.37. The van der Waals surface area contributed by atoms with Gasteiger partial charge in [-0.15, -0.1) is 0 Å². The van der Waals surface area contributed by atoms with Crippen molar-refractivity contribution in [3.8, 4) is 0 Å². The van der Waals surface area contributed by atoms with E-state index in [2.05, 4.69) is 13.8 Å². The number of hydrogen-bond acceptors (Lipinski definition) is 0. The van der Waals surface area contributed by atoms with E-state index in [9.17, 15) is 0 Å². The van der Waals surface area contributed by atoms with Crippen molar-refractivity contribution in [2.24, 2.45) is 35.5 Å². The van der Waals surface area contributed by atoms with Crippen molar-refractivity contribution in [2.45, 2.75) is 97.3 Å². The molecule has 0 aromatic carbocycles. The lowest BCUT2D eigenvalue weighted by atomic mass is 9.67. The van der Waals surface area contributed by atoms with E-state index in [0.717, 1.165) is 35.5 Å². The fraction of sp³-hybridized carbons (Fsp3) is 1.00. The Bertz CT molecular complexity index is 293. The van der Waals surface area contributed by atoms with Crippen LogP contribution in [0.15, 0.2) is 0 Å². The Balaban J connectivity index is 1.48. The summed E-state index contributed by atoms with van der Waals surface area (Å²) in [5, 5.41) is 0. The molecule has 0 spiro atoms. The van der Waals surface area contributed by atoms with Gasteiger partial charge in [-0.2, -0.15) is 0 Å². The van der Waals surface area contributed by atoms with Gasteiger partial charge in [-0.25, -0.2) is 0 Å². The van der Waals surface area contributed by atoms with Crippen molar-refractivity contribution in [1.29, 1.82) is 0 Å². The van der Waals surface area contributed by atoms with Gasteiger partial charge in [0.2, 0.25) is 0 Å². The molecule has 0 aromatic rings. The maximum atomic E-state index is 2.52. The zero-order valence-electron chi connectivity index (χ0n) is 14.7. The molecule has 0 nitrogen and oxygen atoms in total. The maximum absolute atomic E-state index is 2.52. The topological polar surface area (TPSA) is 0 Å². The Morgan fingerprint density at radius 1 is 0.429 bits per heavy atom. The molecule has 3 aliphatic carbocycles. The van der Waals surface area contributed by atoms with Crippen molar-refractivity contribution in [2.75, 3.05) is 0 Å². The van der Waals surface area contributed by atoms with Crippen molar-refractivity contribution >= 4 is 0 Å². The molecule has 0 N–H and O–H groups in total. The van der Waals surface area contributed by atoms with Crippen molar-refractivity contribution in [3.05, 3.63) is 0 Å². The predicted octanol–water partition coefficient (Wildman–Crippen LogP) is 6.84. The van der Waals surface area contributed by atoms with Gasteiger partial charge in [-0.05, 0) is 67.6 Å². The predicted molar refractivity (Wildman–Crippen MR) is 92.3 cm³/mol. The molecule has 0 aromatic heterocycles. The van der Waals surface area contributed by atoms with Gasteiger partial charge in [0.1, 0.15) is 0 Å². The van der Waals surface area contributed by atoms with E-state index >= 15 is 0 Å². The molecule has 3 rings (SSSR count). The quantitative estimate of drug-likeness (QED) is 0.489. The minimum Gasteiger partial charge on any atom is -0.0623 e. The molecule has 3 atom stereocenters. The largest absolute Gasteiger partial charge is 0.0623 e. The summed E-state index contributed by atoms with van der Waals surface area (Å²) in [7, 11) is 0. The summed E-state index contributed by atoms with van der Waals surface area (Å²) >= 11 is 0. The summed E-state index contributed by atoms with van der Waals surface area (Å²) in [6.45, 7) is 5.02. The standard InChI is InChI=1S/C21H38/c1-16-7-6-10-21(15-17(16)2)20-13-11-19(12-14-20)18-8-4-3-5-9-18/h16-21H,3-15H2,1-2H3. The van der Waals surface area contributed by atoms with Crippen LogP contribution in [0.4, 0.5) is 0 Å². The van der Waals surface area contributed by atoms with Crippen LogP contribution in [-0.2, 0) is 0 Å². The van der Waals surface area contributed by atoms with Gasteiger partial charge in [-0.3, -0.25) is 0 Å².